The average molecular weight is 239 g/mol. The highest BCUT2D eigenvalue weighted by molar-refractivity contribution is 6.29. The van der Waals surface area contributed by atoms with Crippen LogP contribution in [0.25, 0.3) is 0 Å². The lowest BCUT2D eigenvalue weighted by atomic mass is 10.2. The van der Waals surface area contributed by atoms with Gasteiger partial charge in [0.2, 0.25) is 0 Å². The van der Waals surface area contributed by atoms with E-state index in [1.165, 1.54) is 18.9 Å². The van der Waals surface area contributed by atoms with E-state index in [9.17, 15) is 4.79 Å². The zero-order valence-electron chi connectivity index (χ0n) is 9.16. The van der Waals surface area contributed by atoms with Gasteiger partial charge in [-0.15, -0.1) is 0 Å². The Bertz CT molecular complexity index is 461. The smallest absolute Gasteiger partial charge is 0.254 e. The Morgan fingerprint density at radius 3 is 2.75 bits per heavy atom. The Morgan fingerprint density at radius 1 is 1.38 bits per heavy atom. The molecule has 1 heterocycles. The lowest BCUT2D eigenvalue weighted by Gasteiger charge is -2.10. The van der Waals surface area contributed by atoms with E-state index in [-0.39, 0.29) is 5.56 Å². The average Bonchev–Trinajstić information content (AvgIpc) is 3.10. The summed E-state index contributed by atoms with van der Waals surface area (Å²) in [7, 11) is 0. The van der Waals surface area contributed by atoms with Crippen molar-refractivity contribution in [1.82, 2.24) is 9.55 Å². The van der Waals surface area contributed by atoms with Gasteiger partial charge in [-0.2, -0.15) is 0 Å². The highest BCUT2D eigenvalue weighted by atomic mass is 35.5. The summed E-state index contributed by atoms with van der Waals surface area (Å²) in [6, 6.07) is 1.43. The van der Waals surface area contributed by atoms with E-state index in [0.29, 0.717) is 11.1 Å². The Kier molecular flexibility index (Phi) is 2.51. The molecule has 2 saturated carbocycles. The predicted molar refractivity (Wildman–Crippen MR) is 62.8 cm³/mol. The molecule has 0 spiro atoms. The SMILES string of the molecule is O=c1cc(Cl)nc(C2CC2)n1CCC1CC1. The molecule has 0 amide bonds. The summed E-state index contributed by atoms with van der Waals surface area (Å²) in [5, 5.41) is 0.342. The maximum atomic E-state index is 11.9. The van der Waals surface area contributed by atoms with Gasteiger partial charge in [0.15, 0.2) is 0 Å². The quantitative estimate of drug-likeness (QED) is 0.756. The van der Waals surface area contributed by atoms with Crippen LogP contribution in [0, 0.1) is 5.92 Å². The summed E-state index contributed by atoms with van der Waals surface area (Å²) < 4.78 is 1.84. The van der Waals surface area contributed by atoms with Crippen molar-refractivity contribution in [1.29, 1.82) is 0 Å². The Balaban J connectivity index is 1.89. The molecule has 2 aliphatic carbocycles. The third-order valence-corrected chi connectivity index (χ3v) is 3.60. The van der Waals surface area contributed by atoms with Crippen LogP contribution in [0.15, 0.2) is 10.9 Å². The topological polar surface area (TPSA) is 34.9 Å². The molecule has 2 aliphatic rings. The minimum Gasteiger partial charge on any atom is -0.296 e. The van der Waals surface area contributed by atoms with Crippen molar-refractivity contribution in [3.8, 4) is 0 Å². The minimum atomic E-state index is 0.0163. The van der Waals surface area contributed by atoms with E-state index >= 15 is 0 Å². The van der Waals surface area contributed by atoms with E-state index in [0.717, 1.165) is 37.5 Å². The van der Waals surface area contributed by atoms with Gasteiger partial charge in [0.1, 0.15) is 11.0 Å². The van der Waals surface area contributed by atoms with Crippen LogP contribution in [0.4, 0.5) is 0 Å². The van der Waals surface area contributed by atoms with Crippen molar-refractivity contribution in [2.45, 2.75) is 44.6 Å². The lowest BCUT2D eigenvalue weighted by Crippen LogP contribution is -2.24. The van der Waals surface area contributed by atoms with Gasteiger partial charge in [-0.3, -0.25) is 9.36 Å². The van der Waals surface area contributed by atoms with Crippen LogP contribution in [-0.2, 0) is 6.54 Å². The number of hydrogen-bond acceptors (Lipinski definition) is 2. The Hall–Kier alpha value is -0.830. The number of nitrogens with zero attached hydrogens (tertiary/aromatic N) is 2. The molecule has 0 aliphatic heterocycles. The fourth-order valence-electron chi connectivity index (χ4n) is 2.09. The summed E-state index contributed by atoms with van der Waals surface area (Å²) in [5.41, 5.74) is 0.0163. The van der Waals surface area contributed by atoms with Crippen LogP contribution >= 0.6 is 11.6 Å². The van der Waals surface area contributed by atoms with Gasteiger partial charge < -0.3 is 0 Å². The molecule has 0 unspecified atom stereocenters. The van der Waals surface area contributed by atoms with Crippen LogP contribution in [-0.4, -0.2) is 9.55 Å². The van der Waals surface area contributed by atoms with E-state index in [2.05, 4.69) is 4.98 Å². The normalized spacial score (nSPS) is 20.1. The summed E-state index contributed by atoms with van der Waals surface area (Å²) >= 11 is 5.84. The zero-order chi connectivity index (χ0) is 11.1. The highest BCUT2D eigenvalue weighted by Crippen LogP contribution is 2.39. The maximum absolute atomic E-state index is 11.9. The van der Waals surface area contributed by atoms with Crippen LogP contribution in [0.2, 0.25) is 5.15 Å². The standard InChI is InChI=1S/C12H15ClN2O/c13-10-7-11(16)15(6-5-8-1-2-8)12(14-10)9-3-4-9/h7-9H,1-6H2. The number of halogens is 1. The first-order valence-electron chi connectivity index (χ1n) is 6.01. The molecule has 2 fully saturated rings. The molecule has 1 aromatic heterocycles. The minimum absolute atomic E-state index is 0.0163. The van der Waals surface area contributed by atoms with Gasteiger partial charge in [0, 0.05) is 18.5 Å². The van der Waals surface area contributed by atoms with E-state index < -0.39 is 0 Å². The fraction of sp³-hybridized carbons (Fsp3) is 0.667. The summed E-state index contributed by atoms with van der Waals surface area (Å²) in [6.45, 7) is 0.819. The van der Waals surface area contributed by atoms with E-state index in [4.69, 9.17) is 11.6 Å². The number of rotatable bonds is 4. The second-order valence-electron chi connectivity index (χ2n) is 4.93. The van der Waals surface area contributed by atoms with Gasteiger partial charge in [0.25, 0.3) is 5.56 Å². The lowest BCUT2D eigenvalue weighted by molar-refractivity contribution is 0.547. The second kappa shape index (κ2) is 3.88. The highest BCUT2D eigenvalue weighted by Gasteiger charge is 2.29. The molecule has 3 rings (SSSR count). The van der Waals surface area contributed by atoms with E-state index in [1.807, 2.05) is 4.57 Å². The van der Waals surface area contributed by atoms with Gasteiger partial charge in [-0.1, -0.05) is 24.4 Å². The predicted octanol–water partition coefficient (Wildman–Crippen LogP) is 2.57. The second-order valence-corrected chi connectivity index (χ2v) is 5.32. The summed E-state index contributed by atoms with van der Waals surface area (Å²) in [4.78, 5) is 16.2. The molecule has 0 saturated heterocycles. The van der Waals surface area contributed by atoms with Crippen molar-refractivity contribution in [3.05, 3.63) is 27.4 Å². The van der Waals surface area contributed by atoms with Crippen LogP contribution in [0.5, 0.6) is 0 Å². The molecule has 4 heteroatoms. The molecule has 0 atom stereocenters. The first kappa shape index (κ1) is 10.3. The molecule has 86 valence electrons. The van der Waals surface area contributed by atoms with Gasteiger partial charge >= 0.3 is 0 Å². The molecule has 0 N–H and O–H groups in total. The Labute approximate surface area is 99.5 Å². The first-order chi connectivity index (χ1) is 7.74. The monoisotopic (exact) mass is 238 g/mol. The number of aromatic nitrogens is 2. The van der Waals surface area contributed by atoms with Crippen LogP contribution in [0.1, 0.15) is 43.8 Å². The van der Waals surface area contributed by atoms with Crippen molar-refractivity contribution in [3.63, 3.8) is 0 Å². The van der Waals surface area contributed by atoms with Crippen molar-refractivity contribution < 1.29 is 0 Å². The van der Waals surface area contributed by atoms with Crippen molar-refractivity contribution >= 4 is 11.6 Å². The van der Waals surface area contributed by atoms with E-state index in [1.54, 1.807) is 0 Å². The molecule has 0 radical (unpaired) electrons. The first-order valence-corrected chi connectivity index (χ1v) is 6.39. The molecule has 1 aromatic rings. The summed E-state index contributed by atoms with van der Waals surface area (Å²) in [6.07, 6.45) is 6.07. The zero-order valence-corrected chi connectivity index (χ0v) is 9.91. The largest absolute Gasteiger partial charge is 0.296 e. The van der Waals surface area contributed by atoms with Crippen LogP contribution in [0.3, 0.4) is 0 Å². The molecular formula is C12H15ClN2O. The third-order valence-electron chi connectivity index (χ3n) is 3.41. The van der Waals surface area contributed by atoms with Gasteiger partial charge in [-0.05, 0) is 25.2 Å². The third kappa shape index (κ3) is 2.14. The number of hydrogen-bond donors (Lipinski definition) is 0. The van der Waals surface area contributed by atoms with Crippen LogP contribution < -0.4 is 5.56 Å². The summed E-state index contributed by atoms with van der Waals surface area (Å²) in [5.74, 6) is 2.23. The maximum Gasteiger partial charge on any atom is 0.254 e. The molecule has 0 aromatic carbocycles. The van der Waals surface area contributed by atoms with Crippen molar-refractivity contribution in [2.24, 2.45) is 5.92 Å². The molecular weight excluding hydrogens is 224 g/mol. The van der Waals surface area contributed by atoms with Gasteiger partial charge in [0.05, 0.1) is 0 Å². The van der Waals surface area contributed by atoms with Crippen molar-refractivity contribution in [2.75, 3.05) is 0 Å². The Morgan fingerprint density at radius 2 is 2.12 bits per heavy atom. The molecule has 3 nitrogen and oxygen atoms in total. The molecule has 0 bridgehead atoms. The fourth-order valence-corrected chi connectivity index (χ4v) is 2.27. The molecule has 16 heavy (non-hydrogen) atoms. The van der Waals surface area contributed by atoms with Gasteiger partial charge in [-0.25, -0.2) is 4.98 Å².